The van der Waals surface area contributed by atoms with Crippen LogP contribution in [0.4, 0.5) is 13.2 Å². The Bertz CT molecular complexity index is 2730. The standard InChI is InChI=1S/C50H32F3N5/c51-50(52,53)36-25-26-43(56-32-36)40-16-4-1-13-37(40)33-29-34(38-14-2-5-17-41(38)44-21-11-23-48(57-44)46-19-7-9-27-54-46)31-35(30-33)39-15-3-6-18-42(39)45-22-12-24-49(58-45)47-20-8-10-28-55-47/h1-32H. The van der Waals surface area contributed by atoms with E-state index in [0.717, 1.165) is 90.9 Å². The summed E-state index contributed by atoms with van der Waals surface area (Å²) in [6.07, 6.45) is -0.0958. The Labute approximate surface area is 333 Å². The summed E-state index contributed by atoms with van der Waals surface area (Å²) in [5.41, 5.74) is 12.3. The Morgan fingerprint density at radius 2 is 0.690 bits per heavy atom. The molecule has 0 saturated carbocycles. The number of alkyl halides is 3. The highest BCUT2D eigenvalue weighted by Crippen LogP contribution is 2.42. The summed E-state index contributed by atoms with van der Waals surface area (Å²) in [6, 6.07) is 56.3. The van der Waals surface area contributed by atoms with Crippen LogP contribution in [0.25, 0.3) is 89.9 Å². The van der Waals surface area contributed by atoms with Gasteiger partial charge in [-0.15, -0.1) is 0 Å². The molecule has 9 rings (SSSR count). The zero-order valence-corrected chi connectivity index (χ0v) is 30.8. The monoisotopic (exact) mass is 759 g/mol. The number of rotatable bonds is 8. The summed E-state index contributed by atoms with van der Waals surface area (Å²) in [4.78, 5) is 23.5. The first kappa shape index (κ1) is 36.1. The van der Waals surface area contributed by atoms with Gasteiger partial charge < -0.3 is 0 Å². The van der Waals surface area contributed by atoms with Crippen LogP contribution in [0.5, 0.6) is 0 Å². The van der Waals surface area contributed by atoms with Gasteiger partial charge >= 0.3 is 6.18 Å². The third-order valence-electron chi connectivity index (χ3n) is 9.92. The largest absolute Gasteiger partial charge is 0.417 e. The third kappa shape index (κ3) is 7.39. The number of aromatic nitrogens is 5. The van der Waals surface area contributed by atoms with Crippen molar-refractivity contribution < 1.29 is 13.2 Å². The predicted molar refractivity (Wildman–Crippen MR) is 224 cm³/mol. The van der Waals surface area contributed by atoms with E-state index in [1.165, 1.54) is 6.07 Å². The van der Waals surface area contributed by atoms with Crippen molar-refractivity contribution in [3.05, 3.63) is 200 Å². The van der Waals surface area contributed by atoms with Crippen LogP contribution in [0.2, 0.25) is 0 Å². The van der Waals surface area contributed by atoms with E-state index in [9.17, 15) is 13.2 Å². The fourth-order valence-corrected chi connectivity index (χ4v) is 7.17. The molecule has 0 bridgehead atoms. The van der Waals surface area contributed by atoms with E-state index < -0.39 is 11.7 Å². The molecule has 0 aliphatic carbocycles. The molecule has 0 atom stereocenters. The molecule has 0 N–H and O–H groups in total. The summed E-state index contributed by atoms with van der Waals surface area (Å²) in [5.74, 6) is 0. The number of pyridine rings is 5. The van der Waals surface area contributed by atoms with Crippen LogP contribution in [0.1, 0.15) is 5.56 Å². The average Bonchev–Trinajstić information content (AvgIpc) is 3.29. The highest BCUT2D eigenvalue weighted by Gasteiger charge is 2.31. The van der Waals surface area contributed by atoms with Gasteiger partial charge in [0.1, 0.15) is 0 Å². The molecule has 0 spiro atoms. The summed E-state index contributed by atoms with van der Waals surface area (Å²) in [6.45, 7) is 0. The van der Waals surface area contributed by atoms with Crippen molar-refractivity contribution >= 4 is 0 Å². The average molecular weight is 760 g/mol. The number of benzene rings is 4. The molecule has 0 amide bonds. The molecular weight excluding hydrogens is 728 g/mol. The Morgan fingerprint density at radius 3 is 1.07 bits per heavy atom. The van der Waals surface area contributed by atoms with Gasteiger partial charge in [-0.3, -0.25) is 15.0 Å². The van der Waals surface area contributed by atoms with Crippen LogP contribution in [0.15, 0.2) is 195 Å². The van der Waals surface area contributed by atoms with Crippen LogP contribution in [0.3, 0.4) is 0 Å². The van der Waals surface area contributed by atoms with E-state index in [0.29, 0.717) is 11.3 Å². The first-order chi connectivity index (χ1) is 28.4. The quantitative estimate of drug-likeness (QED) is 0.154. The molecule has 0 aliphatic heterocycles. The molecule has 278 valence electrons. The van der Waals surface area contributed by atoms with Crippen molar-refractivity contribution in [1.29, 1.82) is 0 Å². The maximum Gasteiger partial charge on any atom is 0.417 e. The van der Waals surface area contributed by atoms with E-state index >= 15 is 0 Å². The van der Waals surface area contributed by atoms with Crippen LogP contribution >= 0.6 is 0 Å². The minimum atomic E-state index is -4.49. The third-order valence-corrected chi connectivity index (χ3v) is 9.92. The molecule has 9 aromatic rings. The van der Waals surface area contributed by atoms with Crippen LogP contribution in [-0.2, 0) is 6.18 Å². The fraction of sp³-hybridized carbons (Fsp3) is 0.0200. The Balaban J connectivity index is 1.24. The van der Waals surface area contributed by atoms with Gasteiger partial charge in [-0.05, 0) is 112 Å². The van der Waals surface area contributed by atoms with Crippen LogP contribution < -0.4 is 0 Å². The highest BCUT2D eigenvalue weighted by molar-refractivity contribution is 5.93. The molecule has 0 unspecified atom stereocenters. The maximum absolute atomic E-state index is 13.5. The Morgan fingerprint density at radius 1 is 0.310 bits per heavy atom. The minimum Gasteiger partial charge on any atom is -0.256 e. The number of hydrogen-bond acceptors (Lipinski definition) is 5. The predicted octanol–water partition coefficient (Wildman–Crippen LogP) is 13.0. The van der Waals surface area contributed by atoms with Crippen molar-refractivity contribution in [1.82, 2.24) is 24.9 Å². The topological polar surface area (TPSA) is 64.5 Å². The van der Waals surface area contributed by atoms with Crippen molar-refractivity contribution in [2.24, 2.45) is 0 Å². The molecule has 5 aromatic heterocycles. The first-order valence-corrected chi connectivity index (χ1v) is 18.6. The second-order valence-corrected chi connectivity index (χ2v) is 13.6. The highest BCUT2D eigenvalue weighted by atomic mass is 19.4. The van der Waals surface area contributed by atoms with Crippen molar-refractivity contribution in [3.8, 4) is 89.9 Å². The zero-order valence-electron chi connectivity index (χ0n) is 30.8. The summed E-state index contributed by atoms with van der Waals surface area (Å²) >= 11 is 0. The number of halogens is 3. The van der Waals surface area contributed by atoms with Gasteiger partial charge in [-0.25, -0.2) is 9.97 Å². The molecule has 0 fully saturated rings. The lowest BCUT2D eigenvalue weighted by molar-refractivity contribution is -0.137. The second-order valence-electron chi connectivity index (χ2n) is 13.6. The lowest BCUT2D eigenvalue weighted by Crippen LogP contribution is -2.05. The van der Waals surface area contributed by atoms with Gasteiger partial charge in [0, 0.05) is 35.3 Å². The van der Waals surface area contributed by atoms with Crippen molar-refractivity contribution in [3.63, 3.8) is 0 Å². The molecule has 5 nitrogen and oxygen atoms in total. The van der Waals surface area contributed by atoms with Gasteiger partial charge in [-0.1, -0.05) is 97.1 Å². The SMILES string of the molecule is FC(F)(F)c1ccc(-c2ccccc2-c2cc(-c3ccccc3-c3cccc(-c4ccccn4)n3)cc(-c3ccccc3-c3cccc(-c4ccccn4)n3)c2)nc1. The second kappa shape index (κ2) is 15.5. The molecule has 5 heterocycles. The smallest absolute Gasteiger partial charge is 0.256 e. The van der Waals surface area contributed by atoms with Gasteiger partial charge in [0.2, 0.25) is 0 Å². The molecule has 0 radical (unpaired) electrons. The van der Waals surface area contributed by atoms with E-state index in [4.69, 9.17) is 9.97 Å². The molecule has 4 aromatic carbocycles. The summed E-state index contributed by atoms with van der Waals surface area (Å²) in [5, 5.41) is 0. The summed E-state index contributed by atoms with van der Waals surface area (Å²) < 4.78 is 40.6. The van der Waals surface area contributed by atoms with E-state index in [1.807, 2.05) is 121 Å². The van der Waals surface area contributed by atoms with Gasteiger partial charge in [0.05, 0.1) is 45.4 Å². The molecule has 8 heteroatoms. The summed E-state index contributed by atoms with van der Waals surface area (Å²) in [7, 11) is 0. The van der Waals surface area contributed by atoms with Gasteiger partial charge in [0.15, 0.2) is 0 Å². The zero-order chi connectivity index (χ0) is 39.5. The lowest BCUT2D eigenvalue weighted by Gasteiger charge is -2.18. The van der Waals surface area contributed by atoms with Crippen molar-refractivity contribution in [2.45, 2.75) is 6.18 Å². The maximum atomic E-state index is 13.5. The molecular formula is C50H32F3N5. The van der Waals surface area contributed by atoms with E-state index in [1.54, 1.807) is 12.4 Å². The molecule has 0 aliphatic rings. The normalized spacial score (nSPS) is 11.4. The number of hydrogen-bond donors (Lipinski definition) is 0. The van der Waals surface area contributed by atoms with Crippen LogP contribution in [0, 0.1) is 0 Å². The van der Waals surface area contributed by atoms with Gasteiger partial charge in [-0.2, -0.15) is 13.2 Å². The van der Waals surface area contributed by atoms with Gasteiger partial charge in [0.25, 0.3) is 0 Å². The Hall–Kier alpha value is -7.58. The van der Waals surface area contributed by atoms with E-state index in [2.05, 4.69) is 57.4 Å². The van der Waals surface area contributed by atoms with Crippen LogP contribution in [-0.4, -0.2) is 24.9 Å². The van der Waals surface area contributed by atoms with E-state index in [-0.39, 0.29) is 0 Å². The number of nitrogens with zero attached hydrogens (tertiary/aromatic N) is 5. The lowest BCUT2D eigenvalue weighted by atomic mass is 9.87. The molecule has 0 saturated heterocycles. The minimum absolute atomic E-state index is 0.433. The first-order valence-electron chi connectivity index (χ1n) is 18.6. The molecule has 58 heavy (non-hydrogen) atoms. The van der Waals surface area contributed by atoms with Crippen molar-refractivity contribution in [2.75, 3.05) is 0 Å². The fourth-order valence-electron chi connectivity index (χ4n) is 7.17. The Kier molecular flexibility index (Phi) is 9.65.